The number of hydrogen-bond acceptors (Lipinski definition) is 9. The summed E-state index contributed by atoms with van der Waals surface area (Å²) in [4.78, 5) is 11.7. The van der Waals surface area contributed by atoms with Crippen molar-refractivity contribution in [1.29, 1.82) is 0 Å². The van der Waals surface area contributed by atoms with Crippen molar-refractivity contribution in [3.8, 4) is 28.7 Å². The molecule has 0 spiro atoms. The Balaban J connectivity index is 0.000000801. The van der Waals surface area contributed by atoms with Crippen LogP contribution in [0.15, 0.2) is 24.3 Å². The van der Waals surface area contributed by atoms with Crippen molar-refractivity contribution in [2.75, 3.05) is 49.3 Å². The Morgan fingerprint density at radius 3 is 1.88 bits per heavy atom. The maximum atomic E-state index is 11.7. The van der Waals surface area contributed by atoms with Crippen LogP contribution in [0.25, 0.3) is 0 Å². The zero-order chi connectivity index (χ0) is 25.0. The summed E-state index contributed by atoms with van der Waals surface area (Å²) in [6.07, 6.45) is -0.594. The number of hydrogen-bond donors (Lipinski definition) is 1. The fourth-order valence-corrected chi connectivity index (χ4v) is 2.97. The third-order valence-electron chi connectivity index (χ3n) is 4.77. The standard InChI is InChI=1S/C20H24O7.C4H10O2/c1-6-27-14-8-7-12(9-15(14)23-2)18(22)17-13(11-21)10-16(24-3)19(25-4)20(17)26-5;1-4(5-2)6-3/h7-11,18,22H,6H2,1-5H3;4H,1-3H3. The molecule has 1 unspecified atom stereocenters. The predicted octanol–water partition coefficient (Wildman–Crippen LogP) is 3.64. The maximum absolute atomic E-state index is 11.7. The van der Waals surface area contributed by atoms with E-state index in [-0.39, 0.29) is 28.9 Å². The van der Waals surface area contributed by atoms with Gasteiger partial charge >= 0.3 is 0 Å². The second kappa shape index (κ2) is 14.2. The molecule has 0 heterocycles. The van der Waals surface area contributed by atoms with E-state index in [2.05, 4.69) is 9.47 Å². The largest absolute Gasteiger partial charge is 0.493 e. The fraction of sp³-hybridized carbons (Fsp3) is 0.458. The Morgan fingerprint density at radius 1 is 0.848 bits per heavy atom. The van der Waals surface area contributed by atoms with Gasteiger partial charge < -0.3 is 38.3 Å². The first kappa shape index (κ1) is 28.0. The van der Waals surface area contributed by atoms with Crippen LogP contribution in [0.1, 0.15) is 41.4 Å². The van der Waals surface area contributed by atoms with Gasteiger partial charge in [-0.25, -0.2) is 0 Å². The summed E-state index contributed by atoms with van der Waals surface area (Å²) in [6.45, 7) is 4.18. The highest BCUT2D eigenvalue weighted by Crippen LogP contribution is 2.46. The van der Waals surface area contributed by atoms with Crippen LogP contribution >= 0.6 is 0 Å². The SMILES string of the molecule is CCOc1ccc(C(O)c2c(C=O)cc(OC)c(OC)c2OC)cc1OC.COC(C)OC. The van der Waals surface area contributed by atoms with Gasteiger partial charge in [0.2, 0.25) is 5.75 Å². The molecule has 0 saturated heterocycles. The molecule has 0 amide bonds. The molecule has 0 bridgehead atoms. The number of ether oxygens (including phenoxy) is 7. The highest BCUT2D eigenvalue weighted by Gasteiger charge is 2.27. The molecule has 0 radical (unpaired) electrons. The van der Waals surface area contributed by atoms with E-state index in [1.54, 1.807) is 32.4 Å². The monoisotopic (exact) mass is 466 g/mol. The lowest BCUT2D eigenvalue weighted by atomic mass is 9.95. The topological polar surface area (TPSA) is 102 Å². The minimum atomic E-state index is -1.16. The first-order chi connectivity index (χ1) is 15.9. The van der Waals surface area contributed by atoms with Gasteiger partial charge in [0.1, 0.15) is 6.10 Å². The Hall–Kier alpha value is -3.01. The van der Waals surface area contributed by atoms with Crippen molar-refractivity contribution in [3.63, 3.8) is 0 Å². The molecule has 0 aliphatic rings. The lowest BCUT2D eigenvalue weighted by Crippen LogP contribution is -2.09. The first-order valence-corrected chi connectivity index (χ1v) is 10.2. The Labute approximate surface area is 195 Å². The quantitative estimate of drug-likeness (QED) is 0.393. The summed E-state index contributed by atoms with van der Waals surface area (Å²) < 4.78 is 36.2. The van der Waals surface area contributed by atoms with Crippen LogP contribution in [0.2, 0.25) is 0 Å². The Kier molecular flexibility index (Phi) is 12.1. The number of aldehydes is 1. The van der Waals surface area contributed by atoms with Gasteiger partial charge in [-0.3, -0.25) is 4.79 Å². The third-order valence-corrected chi connectivity index (χ3v) is 4.77. The predicted molar refractivity (Wildman–Crippen MR) is 123 cm³/mol. The second-order valence-corrected chi connectivity index (χ2v) is 6.55. The molecule has 2 aromatic rings. The summed E-state index contributed by atoms with van der Waals surface area (Å²) >= 11 is 0. The Bertz CT molecular complexity index is 879. The Morgan fingerprint density at radius 2 is 1.45 bits per heavy atom. The van der Waals surface area contributed by atoms with E-state index in [9.17, 15) is 9.90 Å². The van der Waals surface area contributed by atoms with Gasteiger partial charge in [0, 0.05) is 25.3 Å². The summed E-state index contributed by atoms with van der Waals surface area (Å²) in [5.74, 6) is 1.87. The van der Waals surface area contributed by atoms with Crippen molar-refractivity contribution in [3.05, 3.63) is 41.0 Å². The van der Waals surface area contributed by atoms with Crippen LogP contribution in [-0.2, 0) is 9.47 Å². The third kappa shape index (κ3) is 6.98. The van der Waals surface area contributed by atoms with Gasteiger partial charge in [0.05, 0.1) is 35.0 Å². The number of methoxy groups -OCH3 is 6. The van der Waals surface area contributed by atoms with Gasteiger partial charge in [0.15, 0.2) is 35.6 Å². The molecule has 9 heteroatoms. The highest BCUT2D eigenvalue weighted by molar-refractivity contribution is 5.82. The van der Waals surface area contributed by atoms with Gasteiger partial charge in [0.25, 0.3) is 0 Å². The van der Waals surface area contributed by atoms with Gasteiger partial charge in [-0.15, -0.1) is 0 Å². The van der Waals surface area contributed by atoms with E-state index < -0.39 is 6.10 Å². The van der Waals surface area contributed by atoms with Crippen molar-refractivity contribution >= 4 is 6.29 Å². The molecule has 2 rings (SSSR count). The number of carbonyl (C=O) groups excluding carboxylic acids is 1. The lowest BCUT2D eigenvalue weighted by molar-refractivity contribution is -0.0877. The number of carbonyl (C=O) groups is 1. The number of aliphatic hydroxyl groups is 1. The summed E-state index contributed by atoms with van der Waals surface area (Å²) in [7, 11) is 9.07. The molecule has 33 heavy (non-hydrogen) atoms. The minimum absolute atomic E-state index is 0.0648. The molecule has 0 aromatic heterocycles. The van der Waals surface area contributed by atoms with Crippen molar-refractivity contribution in [2.24, 2.45) is 0 Å². The average molecular weight is 467 g/mol. The van der Waals surface area contributed by atoms with Crippen LogP contribution in [0, 0.1) is 0 Å². The molecular formula is C24H34O9. The first-order valence-electron chi connectivity index (χ1n) is 10.2. The molecule has 0 saturated carbocycles. The molecular weight excluding hydrogens is 432 g/mol. The van der Waals surface area contributed by atoms with E-state index in [1.165, 1.54) is 34.5 Å². The molecule has 184 valence electrons. The summed E-state index contributed by atoms with van der Waals surface area (Å²) in [6, 6.07) is 6.55. The lowest BCUT2D eigenvalue weighted by Gasteiger charge is -2.22. The normalized spacial score (nSPS) is 11.2. The van der Waals surface area contributed by atoms with E-state index in [0.29, 0.717) is 35.7 Å². The second-order valence-electron chi connectivity index (χ2n) is 6.55. The maximum Gasteiger partial charge on any atom is 0.203 e. The van der Waals surface area contributed by atoms with Crippen molar-refractivity contribution in [2.45, 2.75) is 26.2 Å². The smallest absolute Gasteiger partial charge is 0.203 e. The van der Waals surface area contributed by atoms with Gasteiger partial charge in [-0.2, -0.15) is 0 Å². The highest BCUT2D eigenvalue weighted by atomic mass is 16.7. The van der Waals surface area contributed by atoms with Gasteiger partial charge in [-0.05, 0) is 37.6 Å². The number of benzene rings is 2. The summed E-state index contributed by atoms with van der Waals surface area (Å²) in [5.41, 5.74) is 1.00. The number of aliphatic hydroxyl groups excluding tert-OH is 1. The zero-order valence-corrected chi connectivity index (χ0v) is 20.5. The summed E-state index contributed by atoms with van der Waals surface area (Å²) in [5, 5.41) is 11.0. The molecule has 0 fully saturated rings. The average Bonchev–Trinajstić information content (AvgIpc) is 2.86. The van der Waals surface area contributed by atoms with Crippen LogP contribution in [0.5, 0.6) is 28.7 Å². The van der Waals surface area contributed by atoms with Crippen LogP contribution in [0.3, 0.4) is 0 Å². The molecule has 0 aliphatic carbocycles. The fourth-order valence-electron chi connectivity index (χ4n) is 2.97. The van der Waals surface area contributed by atoms with Crippen molar-refractivity contribution < 1.29 is 43.1 Å². The van der Waals surface area contributed by atoms with E-state index >= 15 is 0 Å². The minimum Gasteiger partial charge on any atom is -0.493 e. The van der Waals surface area contributed by atoms with Crippen molar-refractivity contribution in [1.82, 2.24) is 0 Å². The van der Waals surface area contributed by atoms with Crippen LogP contribution < -0.4 is 23.7 Å². The molecule has 2 aromatic carbocycles. The van der Waals surface area contributed by atoms with E-state index in [0.717, 1.165) is 0 Å². The van der Waals surface area contributed by atoms with Crippen LogP contribution in [0.4, 0.5) is 0 Å². The van der Waals surface area contributed by atoms with Gasteiger partial charge in [-0.1, -0.05) is 6.07 Å². The zero-order valence-electron chi connectivity index (χ0n) is 20.5. The number of rotatable bonds is 11. The van der Waals surface area contributed by atoms with Crippen LogP contribution in [-0.4, -0.2) is 66.9 Å². The molecule has 1 atom stereocenters. The molecule has 1 N–H and O–H groups in total. The molecule has 9 nitrogen and oxygen atoms in total. The van der Waals surface area contributed by atoms with E-state index in [1.807, 2.05) is 13.8 Å². The molecule has 0 aliphatic heterocycles. The van der Waals surface area contributed by atoms with E-state index in [4.69, 9.17) is 23.7 Å².